The monoisotopic (exact) mass is 416 g/mol. The zero-order valence-corrected chi connectivity index (χ0v) is 16.1. The van der Waals surface area contributed by atoms with Crippen molar-refractivity contribution in [2.45, 2.75) is 39.2 Å². The molecule has 0 amide bonds. The third-order valence-corrected chi connectivity index (χ3v) is 4.92. The van der Waals surface area contributed by atoms with Crippen LogP contribution < -0.4 is 5.32 Å². The molecule has 1 N–H and O–H groups in total. The molecule has 1 aromatic rings. The largest absolute Gasteiger partial charge is 0.357 e. The molecule has 2 heterocycles. The Balaban J connectivity index is 0.00000176. The van der Waals surface area contributed by atoms with Gasteiger partial charge in [-0.25, -0.2) is 4.99 Å². The van der Waals surface area contributed by atoms with Crippen molar-refractivity contribution in [3.05, 3.63) is 24.0 Å². The first-order valence-electron chi connectivity index (χ1n) is 8.40. The smallest absolute Gasteiger partial charge is 0.194 e. The van der Waals surface area contributed by atoms with E-state index in [4.69, 9.17) is 4.99 Å². The first-order valence-corrected chi connectivity index (χ1v) is 8.40. The molecule has 124 valence electrons. The Morgan fingerprint density at radius 1 is 1.27 bits per heavy atom. The lowest BCUT2D eigenvalue weighted by Crippen LogP contribution is -2.40. The summed E-state index contributed by atoms with van der Waals surface area (Å²) in [5, 5.41) is 3.48. The molecule has 1 aliphatic heterocycles. The second-order valence-electron chi connectivity index (χ2n) is 6.56. The lowest BCUT2D eigenvalue weighted by atomic mass is 9.82. The highest BCUT2D eigenvalue weighted by molar-refractivity contribution is 14.0. The first-order chi connectivity index (χ1) is 10.3. The van der Waals surface area contributed by atoms with Crippen LogP contribution in [-0.2, 0) is 13.6 Å². The van der Waals surface area contributed by atoms with Gasteiger partial charge in [-0.2, -0.15) is 0 Å². The molecule has 0 aromatic carbocycles. The van der Waals surface area contributed by atoms with Gasteiger partial charge in [-0.1, -0.05) is 12.8 Å². The highest BCUT2D eigenvalue weighted by Gasteiger charge is 2.35. The van der Waals surface area contributed by atoms with Crippen molar-refractivity contribution >= 4 is 29.9 Å². The van der Waals surface area contributed by atoms with Crippen molar-refractivity contribution in [1.29, 1.82) is 0 Å². The highest BCUT2D eigenvalue weighted by atomic mass is 127. The van der Waals surface area contributed by atoms with Crippen LogP contribution in [0.1, 0.15) is 38.2 Å². The Bertz CT molecular complexity index is 483. The molecule has 0 radical (unpaired) electrons. The van der Waals surface area contributed by atoms with Crippen molar-refractivity contribution in [2.75, 3.05) is 19.6 Å². The predicted molar refractivity (Wildman–Crippen MR) is 103 cm³/mol. The molecule has 1 saturated carbocycles. The average Bonchev–Trinajstić information content (AvgIpc) is 3.09. The Kier molecular flexibility index (Phi) is 6.59. The lowest BCUT2D eigenvalue weighted by Gasteiger charge is -2.22. The summed E-state index contributed by atoms with van der Waals surface area (Å²) < 4.78 is 2.09. The van der Waals surface area contributed by atoms with Crippen LogP contribution in [0.2, 0.25) is 0 Å². The van der Waals surface area contributed by atoms with Crippen LogP contribution in [0.25, 0.3) is 0 Å². The maximum atomic E-state index is 4.86. The molecule has 3 rings (SSSR count). The molecular formula is C17H29IN4. The number of halogens is 1. The molecule has 4 nitrogen and oxygen atoms in total. The zero-order valence-electron chi connectivity index (χ0n) is 13.8. The minimum Gasteiger partial charge on any atom is -0.357 e. The highest BCUT2D eigenvalue weighted by Crippen LogP contribution is 2.35. The van der Waals surface area contributed by atoms with E-state index in [1.807, 2.05) is 0 Å². The van der Waals surface area contributed by atoms with E-state index < -0.39 is 0 Å². The van der Waals surface area contributed by atoms with E-state index in [1.54, 1.807) is 0 Å². The topological polar surface area (TPSA) is 32.6 Å². The first kappa shape index (κ1) is 17.6. The van der Waals surface area contributed by atoms with Gasteiger partial charge in [0.05, 0.1) is 6.54 Å². The molecular weight excluding hydrogens is 387 g/mol. The molecule has 2 unspecified atom stereocenters. The van der Waals surface area contributed by atoms with Crippen molar-refractivity contribution in [3.63, 3.8) is 0 Å². The number of hydrogen-bond acceptors (Lipinski definition) is 1. The molecule has 0 spiro atoms. The molecule has 0 bridgehead atoms. The number of guanidine groups is 1. The third kappa shape index (κ3) is 4.18. The second kappa shape index (κ2) is 8.22. The van der Waals surface area contributed by atoms with Crippen LogP contribution in [-0.4, -0.2) is 35.1 Å². The number of likely N-dealkylation sites (tertiary alicyclic amines) is 1. The maximum Gasteiger partial charge on any atom is 0.194 e. The quantitative estimate of drug-likeness (QED) is 0.466. The normalized spacial score (nSPS) is 24.8. The van der Waals surface area contributed by atoms with Gasteiger partial charge in [0.25, 0.3) is 0 Å². The van der Waals surface area contributed by atoms with Crippen LogP contribution in [0.5, 0.6) is 0 Å². The lowest BCUT2D eigenvalue weighted by molar-refractivity contribution is 0.299. The molecule has 1 saturated heterocycles. The van der Waals surface area contributed by atoms with Gasteiger partial charge in [0.1, 0.15) is 0 Å². The minimum absolute atomic E-state index is 0. The number of rotatable bonds is 3. The zero-order chi connectivity index (χ0) is 14.7. The van der Waals surface area contributed by atoms with Crippen molar-refractivity contribution in [1.82, 2.24) is 14.8 Å². The van der Waals surface area contributed by atoms with E-state index in [-0.39, 0.29) is 24.0 Å². The summed E-state index contributed by atoms with van der Waals surface area (Å²) in [7, 11) is 2.06. The fraction of sp³-hybridized carbons (Fsp3) is 0.706. The predicted octanol–water partition coefficient (Wildman–Crippen LogP) is 3.23. The molecule has 2 fully saturated rings. The summed E-state index contributed by atoms with van der Waals surface area (Å²) >= 11 is 0. The van der Waals surface area contributed by atoms with Gasteiger partial charge >= 0.3 is 0 Å². The van der Waals surface area contributed by atoms with E-state index in [0.717, 1.165) is 30.9 Å². The van der Waals surface area contributed by atoms with Gasteiger partial charge in [-0.3, -0.25) is 0 Å². The number of nitrogens with one attached hydrogen (secondary N) is 1. The number of nitrogens with zero attached hydrogens (tertiary/aromatic N) is 3. The Morgan fingerprint density at radius 3 is 2.50 bits per heavy atom. The number of aromatic nitrogens is 1. The molecule has 1 aromatic heterocycles. The molecule has 5 heteroatoms. The molecule has 22 heavy (non-hydrogen) atoms. The van der Waals surface area contributed by atoms with E-state index in [1.165, 1.54) is 44.3 Å². The van der Waals surface area contributed by atoms with Crippen LogP contribution in [0.4, 0.5) is 0 Å². The van der Waals surface area contributed by atoms with Gasteiger partial charge in [0.15, 0.2) is 5.96 Å². The molecule has 2 aliphatic rings. The maximum absolute atomic E-state index is 4.86. The Hall–Kier alpha value is -0.720. The van der Waals surface area contributed by atoms with Crippen molar-refractivity contribution in [3.8, 4) is 0 Å². The van der Waals surface area contributed by atoms with Crippen LogP contribution in [0.15, 0.2) is 23.5 Å². The third-order valence-electron chi connectivity index (χ3n) is 4.92. The van der Waals surface area contributed by atoms with Gasteiger partial charge in [-0.05, 0) is 43.2 Å². The van der Waals surface area contributed by atoms with Crippen LogP contribution >= 0.6 is 24.0 Å². The SMILES string of the molecule is CCNC(=NCc1ccn(C)c1)N1CC2CCCCC2C1.I. The second-order valence-corrected chi connectivity index (χ2v) is 6.56. The summed E-state index contributed by atoms with van der Waals surface area (Å²) in [6.07, 6.45) is 9.91. The van der Waals surface area contributed by atoms with Gasteiger partial charge in [0, 0.05) is 39.1 Å². The summed E-state index contributed by atoms with van der Waals surface area (Å²) in [5.41, 5.74) is 1.28. The van der Waals surface area contributed by atoms with Gasteiger partial charge < -0.3 is 14.8 Å². The number of aryl methyl sites for hydroxylation is 1. The Labute approximate surface area is 151 Å². The number of aliphatic imine (C=N–C) groups is 1. The van der Waals surface area contributed by atoms with E-state index in [0.29, 0.717) is 0 Å². The minimum atomic E-state index is 0. The van der Waals surface area contributed by atoms with Gasteiger partial charge in [0.2, 0.25) is 0 Å². The Morgan fingerprint density at radius 2 is 1.95 bits per heavy atom. The van der Waals surface area contributed by atoms with E-state index in [2.05, 4.69) is 47.2 Å². The summed E-state index contributed by atoms with van der Waals surface area (Å²) in [5.74, 6) is 2.91. The molecule has 1 aliphatic carbocycles. The number of hydrogen-bond donors (Lipinski definition) is 1. The fourth-order valence-corrected chi connectivity index (χ4v) is 3.83. The summed E-state index contributed by atoms with van der Waals surface area (Å²) in [4.78, 5) is 7.35. The van der Waals surface area contributed by atoms with E-state index >= 15 is 0 Å². The summed E-state index contributed by atoms with van der Waals surface area (Å²) in [6.45, 7) is 6.27. The average molecular weight is 416 g/mol. The van der Waals surface area contributed by atoms with E-state index in [9.17, 15) is 0 Å². The summed E-state index contributed by atoms with van der Waals surface area (Å²) in [6, 6.07) is 2.15. The van der Waals surface area contributed by atoms with Crippen molar-refractivity contribution < 1.29 is 0 Å². The van der Waals surface area contributed by atoms with Gasteiger partial charge in [-0.15, -0.1) is 24.0 Å². The van der Waals surface area contributed by atoms with Crippen LogP contribution in [0.3, 0.4) is 0 Å². The standard InChI is InChI=1S/C17H28N4.HI/c1-3-18-17(19-10-14-8-9-20(2)11-14)21-12-15-6-4-5-7-16(15)13-21;/h8-9,11,15-16H,3-7,10,12-13H2,1-2H3,(H,18,19);1H. The van der Waals surface area contributed by atoms with Crippen molar-refractivity contribution in [2.24, 2.45) is 23.9 Å². The fourth-order valence-electron chi connectivity index (χ4n) is 3.83. The molecule has 2 atom stereocenters. The van der Waals surface area contributed by atoms with Crippen LogP contribution in [0, 0.1) is 11.8 Å². The number of fused-ring (bicyclic) bond motifs is 1.